The molecule has 8 nitrogen and oxygen atoms in total. The van der Waals surface area contributed by atoms with Gasteiger partial charge in [0.15, 0.2) is 0 Å². The highest BCUT2D eigenvalue weighted by atomic mass is 35.5. The predicted molar refractivity (Wildman–Crippen MR) is 108 cm³/mol. The van der Waals surface area contributed by atoms with E-state index in [4.69, 9.17) is 22.2 Å². The quantitative estimate of drug-likeness (QED) is 0.680. The van der Waals surface area contributed by atoms with Gasteiger partial charge in [-0.1, -0.05) is 17.7 Å². The Kier molecular flexibility index (Phi) is 5.14. The van der Waals surface area contributed by atoms with Gasteiger partial charge in [-0.15, -0.1) is 0 Å². The minimum atomic E-state index is -0.697. The van der Waals surface area contributed by atoms with E-state index < -0.39 is 12.0 Å². The summed E-state index contributed by atoms with van der Waals surface area (Å²) < 4.78 is 0. The lowest BCUT2D eigenvalue weighted by molar-refractivity contribution is -0.0779. The molecule has 1 saturated heterocycles. The van der Waals surface area contributed by atoms with Gasteiger partial charge in [-0.25, -0.2) is 20.0 Å². The number of carbonyl (C=O) groups excluding carboxylic acids is 1. The Labute approximate surface area is 171 Å². The van der Waals surface area contributed by atoms with Gasteiger partial charge in [0.1, 0.15) is 24.9 Å². The van der Waals surface area contributed by atoms with Crippen molar-refractivity contribution in [2.75, 3.05) is 18.9 Å². The number of nitrogens with two attached hydrogens (primary N) is 1. The minimum absolute atomic E-state index is 0.0840. The van der Waals surface area contributed by atoms with Crippen molar-refractivity contribution in [1.29, 1.82) is 0 Å². The van der Waals surface area contributed by atoms with E-state index in [1.807, 2.05) is 13.0 Å². The van der Waals surface area contributed by atoms with E-state index in [0.717, 1.165) is 27.4 Å². The molecule has 1 aliphatic rings. The number of pyridine rings is 1. The molecular weight excluding hydrogens is 394 g/mol. The fraction of sp³-hybridized carbons (Fsp3) is 0.200. The second kappa shape index (κ2) is 7.75. The molecule has 0 radical (unpaired) electrons. The highest BCUT2D eigenvalue weighted by molar-refractivity contribution is 6.34. The first kappa shape index (κ1) is 19.3. The van der Waals surface area contributed by atoms with Crippen LogP contribution in [0.2, 0.25) is 5.02 Å². The van der Waals surface area contributed by atoms with Crippen LogP contribution in [-0.4, -0.2) is 50.3 Å². The average molecular weight is 412 g/mol. The second-order valence-corrected chi connectivity index (χ2v) is 7.07. The fourth-order valence-corrected chi connectivity index (χ4v) is 3.44. The lowest BCUT2D eigenvalue weighted by atomic mass is 9.98. The number of amides is 1. The summed E-state index contributed by atoms with van der Waals surface area (Å²) in [6, 6.07) is 8.63. The van der Waals surface area contributed by atoms with Crippen molar-refractivity contribution >= 4 is 23.3 Å². The standard InChI is InChI=1S/C20H18ClN5O3/c1-11-18(13-3-5-17(22)23-7-13)19(25-10-24-11)12-2-4-15(16(21)6-12)20(28)26-8-14(27)9-29-26/h2-7,10,14,27H,8-9H2,1H3,(H2,22,23). The summed E-state index contributed by atoms with van der Waals surface area (Å²) in [6.45, 7) is 2.07. The molecule has 3 heterocycles. The normalized spacial score (nSPS) is 16.2. The molecule has 9 heteroatoms. The first-order chi connectivity index (χ1) is 13.9. The maximum absolute atomic E-state index is 12.6. The number of benzene rings is 1. The van der Waals surface area contributed by atoms with Gasteiger partial charge in [-0.2, -0.15) is 0 Å². The number of carbonyl (C=O) groups is 1. The van der Waals surface area contributed by atoms with Crippen LogP contribution in [-0.2, 0) is 4.84 Å². The van der Waals surface area contributed by atoms with Gasteiger partial charge in [0.05, 0.1) is 22.8 Å². The van der Waals surface area contributed by atoms with E-state index in [0.29, 0.717) is 11.5 Å². The van der Waals surface area contributed by atoms with Crippen molar-refractivity contribution in [3.8, 4) is 22.4 Å². The molecule has 3 N–H and O–H groups in total. The number of nitrogens with zero attached hydrogens (tertiary/aromatic N) is 4. The van der Waals surface area contributed by atoms with Crippen LogP contribution in [0.3, 0.4) is 0 Å². The van der Waals surface area contributed by atoms with Crippen LogP contribution >= 0.6 is 11.6 Å². The number of hydrogen-bond acceptors (Lipinski definition) is 7. The van der Waals surface area contributed by atoms with E-state index in [9.17, 15) is 9.90 Å². The Morgan fingerprint density at radius 1 is 1.24 bits per heavy atom. The number of β-amino-alcohol motifs (C(OH)–C–C–N with tert-alkyl or cyclic N) is 1. The molecule has 0 bridgehead atoms. The topological polar surface area (TPSA) is 114 Å². The molecule has 1 aliphatic heterocycles. The largest absolute Gasteiger partial charge is 0.389 e. The molecule has 29 heavy (non-hydrogen) atoms. The van der Waals surface area contributed by atoms with E-state index in [1.165, 1.54) is 6.33 Å². The van der Waals surface area contributed by atoms with Gasteiger partial charge in [-0.05, 0) is 31.2 Å². The number of nitrogen functional groups attached to an aromatic ring is 1. The number of rotatable bonds is 3. The fourth-order valence-electron chi connectivity index (χ4n) is 3.18. The first-order valence-corrected chi connectivity index (χ1v) is 9.28. The Morgan fingerprint density at radius 3 is 2.69 bits per heavy atom. The third-order valence-corrected chi connectivity index (χ3v) is 4.92. The summed E-state index contributed by atoms with van der Waals surface area (Å²) in [5.74, 6) is 0.0184. The van der Waals surface area contributed by atoms with E-state index >= 15 is 0 Å². The second-order valence-electron chi connectivity index (χ2n) is 6.66. The molecule has 0 spiro atoms. The van der Waals surface area contributed by atoms with Crippen LogP contribution in [0.25, 0.3) is 22.4 Å². The monoisotopic (exact) mass is 411 g/mol. The zero-order valence-electron chi connectivity index (χ0n) is 15.5. The summed E-state index contributed by atoms with van der Waals surface area (Å²) in [4.78, 5) is 30.7. The molecule has 0 saturated carbocycles. The third kappa shape index (κ3) is 3.77. The SMILES string of the molecule is Cc1ncnc(-c2ccc(C(=O)N3CC(O)CO3)c(Cl)c2)c1-c1ccc(N)nc1. The van der Waals surface area contributed by atoms with Gasteiger partial charge in [0.25, 0.3) is 5.91 Å². The Balaban J connectivity index is 1.73. The van der Waals surface area contributed by atoms with Gasteiger partial charge < -0.3 is 10.8 Å². The number of hydroxylamine groups is 2. The average Bonchev–Trinajstić information content (AvgIpc) is 3.14. The van der Waals surface area contributed by atoms with Crippen molar-refractivity contribution in [1.82, 2.24) is 20.0 Å². The number of aromatic nitrogens is 3. The number of aliphatic hydroxyl groups excluding tert-OH is 1. The zero-order valence-corrected chi connectivity index (χ0v) is 16.3. The molecule has 0 aliphatic carbocycles. The summed E-state index contributed by atoms with van der Waals surface area (Å²) >= 11 is 6.41. The van der Waals surface area contributed by atoms with Crippen molar-refractivity contribution in [3.05, 3.63) is 59.1 Å². The molecule has 1 aromatic carbocycles. The lowest BCUT2D eigenvalue weighted by Gasteiger charge is -2.16. The molecule has 1 unspecified atom stereocenters. The molecule has 2 aromatic heterocycles. The molecule has 1 fully saturated rings. The van der Waals surface area contributed by atoms with Crippen LogP contribution < -0.4 is 5.73 Å². The van der Waals surface area contributed by atoms with Gasteiger partial charge >= 0.3 is 0 Å². The van der Waals surface area contributed by atoms with Crippen molar-refractivity contribution in [3.63, 3.8) is 0 Å². The first-order valence-electron chi connectivity index (χ1n) is 8.90. The molecule has 4 rings (SSSR count). The van der Waals surface area contributed by atoms with Crippen LogP contribution in [0.4, 0.5) is 5.82 Å². The maximum atomic E-state index is 12.6. The van der Waals surface area contributed by atoms with Crippen LogP contribution in [0.5, 0.6) is 0 Å². The number of aryl methyl sites for hydroxylation is 1. The molecular formula is C20H18ClN5O3. The molecule has 1 amide bonds. The summed E-state index contributed by atoms with van der Waals surface area (Å²) in [7, 11) is 0. The van der Waals surface area contributed by atoms with Crippen molar-refractivity contribution < 1.29 is 14.7 Å². The number of hydrogen-bond donors (Lipinski definition) is 2. The van der Waals surface area contributed by atoms with Gasteiger partial charge in [0.2, 0.25) is 0 Å². The van der Waals surface area contributed by atoms with Crippen LogP contribution in [0.15, 0.2) is 42.9 Å². The minimum Gasteiger partial charge on any atom is -0.389 e. The van der Waals surface area contributed by atoms with Gasteiger partial charge in [0, 0.05) is 28.6 Å². The number of aliphatic hydroxyl groups is 1. The Morgan fingerprint density at radius 2 is 2.03 bits per heavy atom. The highest BCUT2D eigenvalue weighted by Crippen LogP contribution is 2.34. The summed E-state index contributed by atoms with van der Waals surface area (Å²) in [6.07, 6.45) is 2.45. The van der Waals surface area contributed by atoms with E-state index in [1.54, 1.807) is 30.5 Å². The Bertz CT molecular complexity index is 1070. The van der Waals surface area contributed by atoms with E-state index in [2.05, 4.69) is 15.0 Å². The summed E-state index contributed by atoms with van der Waals surface area (Å²) in [5, 5.41) is 10.9. The third-order valence-electron chi connectivity index (χ3n) is 4.61. The van der Waals surface area contributed by atoms with Gasteiger partial charge in [-0.3, -0.25) is 9.63 Å². The Hall–Kier alpha value is -3.07. The van der Waals surface area contributed by atoms with Crippen molar-refractivity contribution in [2.24, 2.45) is 0 Å². The lowest BCUT2D eigenvalue weighted by Crippen LogP contribution is -2.28. The summed E-state index contributed by atoms with van der Waals surface area (Å²) in [5.41, 5.74) is 9.78. The van der Waals surface area contributed by atoms with E-state index in [-0.39, 0.29) is 23.7 Å². The smallest absolute Gasteiger partial charge is 0.279 e. The zero-order chi connectivity index (χ0) is 20.5. The van der Waals surface area contributed by atoms with Crippen LogP contribution in [0.1, 0.15) is 16.1 Å². The van der Waals surface area contributed by atoms with Crippen molar-refractivity contribution in [2.45, 2.75) is 13.0 Å². The maximum Gasteiger partial charge on any atom is 0.279 e. The van der Waals surface area contributed by atoms with Crippen LogP contribution in [0, 0.1) is 6.92 Å². The number of anilines is 1. The molecule has 3 aromatic rings. The number of halogens is 1. The molecule has 148 valence electrons. The highest BCUT2D eigenvalue weighted by Gasteiger charge is 2.28. The predicted octanol–water partition coefficient (Wildman–Crippen LogP) is 2.50. The molecule has 1 atom stereocenters.